The number of ether oxygens (including phenoxy) is 1. The van der Waals surface area contributed by atoms with Gasteiger partial charge in [-0.15, -0.1) is 11.3 Å². The van der Waals surface area contributed by atoms with E-state index in [4.69, 9.17) is 0 Å². The molecule has 1 fully saturated rings. The molecule has 3 rings (SSSR count). The Morgan fingerprint density at radius 1 is 1.07 bits per heavy atom. The minimum absolute atomic E-state index is 0.00872. The van der Waals surface area contributed by atoms with E-state index in [0.717, 1.165) is 24.1 Å². The molecule has 0 spiro atoms. The number of para-hydroxylation sites is 1. The highest BCUT2D eigenvalue weighted by atomic mass is 32.1. The number of carbonyl (C=O) groups excluding carboxylic acids is 2. The largest absolute Gasteiger partial charge is 0.434 e. The molecule has 30 heavy (non-hydrogen) atoms. The fourth-order valence-corrected chi connectivity index (χ4v) is 4.91. The fourth-order valence-electron chi connectivity index (χ4n) is 3.59. The number of piperazine rings is 1. The SMILES string of the molecule is CCCc1sc(C(=O)N2CCN(C(=O)c3ccccc3OC(F)F)CC2)cc1CC. The third kappa shape index (κ3) is 4.98. The highest BCUT2D eigenvalue weighted by molar-refractivity contribution is 7.14. The van der Waals surface area contributed by atoms with Gasteiger partial charge in [0.2, 0.25) is 0 Å². The number of amides is 2. The predicted molar refractivity (Wildman–Crippen MR) is 113 cm³/mol. The molecule has 8 heteroatoms. The Morgan fingerprint density at radius 2 is 1.70 bits per heavy atom. The molecule has 1 aliphatic heterocycles. The van der Waals surface area contributed by atoms with Crippen molar-refractivity contribution in [1.29, 1.82) is 0 Å². The van der Waals surface area contributed by atoms with E-state index in [-0.39, 0.29) is 23.1 Å². The average Bonchev–Trinajstić information content (AvgIpc) is 3.16. The first kappa shape index (κ1) is 22.2. The van der Waals surface area contributed by atoms with Crippen LogP contribution in [-0.2, 0) is 12.8 Å². The van der Waals surface area contributed by atoms with E-state index in [9.17, 15) is 18.4 Å². The fraction of sp³-hybridized carbons (Fsp3) is 0.455. The van der Waals surface area contributed by atoms with E-state index in [0.29, 0.717) is 26.2 Å². The van der Waals surface area contributed by atoms with Gasteiger partial charge >= 0.3 is 6.61 Å². The van der Waals surface area contributed by atoms with E-state index >= 15 is 0 Å². The summed E-state index contributed by atoms with van der Waals surface area (Å²) in [6.07, 6.45) is 2.92. The Hall–Kier alpha value is -2.48. The molecule has 5 nitrogen and oxygen atoms in total. The number of benzene rings is 1. The first-order chi connectivity index (χ1) is 14.4. The predicted octanol–water partition coefficient (Wildman–Crippen LogP) is 4.46. The average molecular weight is 437 g/mol. The zero-order valence-electron chi connectivity index (χ0n) is 17.2. The summed E-state index contributed by atoms with van der Waals surface area (Å²) < 4.78 is 29.7. The van der Waals surface area contributed by atoms with Crippen LogP contribution in [0.1, 0.15) is 50.7 Å². The lowest BCUT2D eigenvalue weighted by Crippen LogP contribution is -2.50. The molecule has 1 saturated heterocycles. The molecule has 0 atom stereocenters. The molecule has 1 aromatic heterocycles. The zero-order valence-corrected chi connectivity index (χ0v) is 18.0. The van der Waals surface area contributed by atoms with Crippen molar-refractivity contribution in [3.8, 4) is 5.75 Å². The third-order valence-electron chi connectivity index (χ3n) is 5.15. The second-order valence-corrected chi connectivity index (χ2v) is 8.26. The Morgan fingerprint density at radius 3 is 2.30 bits per heavy atom. The smallest absolute Gasteiger partial charge is 0.387 e. The molecular formula is C22H26F2N2O3S. The standard InChI is InChI=1S/C22H26F2N2O3S/c1-3-7-18-15(4-2)14-19(30-18)21(28)26-12-10-25(11-13-26)20(27)16-8-5-6-9-17(16)29-22(23)24/h5-6,8-9,14,22H,3-4,7,10-13H2,1-2H3. The van der Waals surface area contributed by atoms with Gasteiger partial charge in [-0.1, -0.05) is 32.4 Å². The van der Waals surface area contributed by atoms with E-state index in [2.05, 4.69) is 18.6 Å². The van der Waals surface area contributed by atoms with Gasteiger partial charge in [0, 0.05) is 31.1 Å². The molecule has 0 radical (unpaired) electrons. The number of halogens is 2. The number of carbonyl (C=O) groups is 2. The van der Waals surface area contributed by atoms with Gasteiger partial charge in [0.25, 0.3) is 11.8 Å². The summed E-state index contributed by atoms with van der Waals surface area (Å²) in [7, 11) is 0. The molecule has 162 valence electrons. The van der Waals surface area contributed by atoms with Crippen molar-refractivity contribution in [3.63, 3.8) is 0 Å². The van der Waals surface area contributed by atoms with Crippen LogP contribution in [0.5, 0.6) is 5.75 Å². The van der Waals surface area contributed by atoms with Crippen molar-refractivity contribution in [2.24, 2.45) is 0 Å². The lowest BCUT2D eigenvalue weighted by atomic mass is 10.1. The topological polar surface area (TPSA) is 49.9 Å². The van der Waals surface area contributed by atoms with Gasteiger partial charge in [0.15, 0.2) is 0 Å². The molecular weight excluding hydrogens is 410 g/mol. The van der Waals surface area contributed by atoms with E-state index in [1.807, 2.05) is 6.07 Å². The Bertz CT molecular complexity index is 892. The molecule has 2 aromatic rings. The number of rotatable bonds is 7. The second-order valence-electron chi connectivity index (χ2n) is 7.12. The summed E-state index contributed by atoms with van der Waals surface area (Å²) in [5.74, 6) is -0.510. The summed E-state index contributed by atoms with van der Waals surface area (Å²) in [5.41, 5.74) is 1.34. The van der Waals surface area contributed by atoms with Crippen LogP contribution in [0, 0.1) is 0 Å². The van der Waals surface area contributed by atoms with Crippen LogP contribution in [0.3, 0.4) is 0 Å². The van der Waals surface area contributed by atoms with Gasteiger partial charge in [-0.2, -0.15) is 8.78 Å². The maximum absolute atomic E-state index is 12.9. The van der Waals surface area contributed by atoms with Gasteiger partial charge in [-0.25, -0.2) is 0 Å². The maximum atomic E-state index is 12.9. The zero-order chi connectivity index (χ0) is 21.7. The number of aryl methyl sites for hydroxylation is 2. The van der Waals surface area contributed by atoms with Crippen LogP contribution in [0.4, 0.5) is 8.78 Å². The number of nitrogens with zero attached hydrogens (tertiary/aromatic N) is 2. The second kappa shape index (κ2) is 10.0. The number of alkyl halides is 2. The van der Waals surface area contributed by atoms with Gasteiger partial charge in [-0.05, 0) is 36.6 Å². The first-order valence-corrected chi connectivity index (χ1v) is 11.0. The Kier molecular flexibility index (Phi) is 7.42. The number of hydrogen-bond acceptors (Lipinski definition) is 4. The lowest BCUT2D eigenvalue weighted by Gasteiger charge is -2.34. The van der Waals surface area contributed by atoms with Crippen molar-refractivity contribution in [1.82, 2.24) is 9.80 Å². The third-order valence-corrected chi connectivity index (χ3v) is 6.38. The summed E-state index contributed by atoms with van der Waals surface area (Å²) in [4.78, 5) is 31.1. The summed E-state index contributed by atoms with van der Waals surface area (Å²) >= 11 is 1.56. The Balaban J connectivity index is 1.65. The minimum Gasteiger partial charge on any atom is -0.434 e. The minimum atomic E-state index is -3.00. The van der Waals surface area contributed by atoms with Gasteiger partial charge < -0.3 is 14.5 Å². The molecule has 0 aliphatic carbocycles. The van der Waals surface area contributed by atoms with E-state index in [1.54, 1.807) is 33.3 Å². The summed E-state index contributed by atoms with van der Waals surface area (Å²) in [6, 6.07) is 7.98. The number of hydrogen-bond donors (Lipinski definition) is 0. The molecule has 0 bridgehead atoms. The van der Waals surface area contributed by atoms with Crippen LogP contribution >= 0.6 is 11.3 Å². The maximum Gasteiger partial charge on any atom is 0.387 e. The highest BCUT2D eigenvalue weighted by Gasteiger charge is 2.28. The number of thiophene rings is 1. The molecule has 1 aliphatic rings. The monoisotopic (exact) mass is 436 g/mol. The van der Waals surface area contributed by atoms with Gasteiger partial charge in [-0.3, -0.25) is 9.59 Å². The van der Waals surface area contributed by atoms with Crippen LogP contribution in [-0.4, -0.2) is 54.4 Å². The molecule has 0 N–H and O–H groups in total. The molecule has 2 amide bonds. The van der Waals surface area contributed by atoms with Gasteiger partial charge in [0.1, 0.15) is 5.75 Å². The van der Waals surface area contributed by atoms with E-state index < -0.39 is 6.61 Å². The quantitative estimate of drug-likeness (QED) is 0.644. The normalized spacial score (nSPS) is 14.3. The summed E-state index contributed by atoms with van der Waals surface area (Å²) in [6.45, 7) is 2.74. The molecule has 0 saturated carbocycles. The van der Waals surface area contributed by atoms with Crippen molar-refractivity contribution >= 4 is 23.2 Å². The molecule has 1 aromatic carbocycles. The Labute approximate surface area is 179 Å². The van der Waals surface area contributed by atoms with Crippen LogP contribution in [0.15, 0.2) is 30.3 Å². The van der Waals surface area contributed by atoms with E-state index in [1.165, 1.54) is 22.6 Å². The molecule has 2 heterocycles. The van der Waals surface area contributed by atoms with Crippen molar-refractivity contribution in [2.45, 2.75) is 39.7 Å². The van der Waals surface area contributed by atoms with Crippen LogP contribution < -0.4 is 4.74 Å². The first-order valence-electron chi connectivity index (χ1n) is 10.2. The lowest BCUT2D eigenvalue weighted by molar-refractivity contribution is -0.0503. The van der Waals surface area contributed by atoms with Crippen molar-refractivity contribution < 1.29 is 23.1 Å². The summed E-state index contributed by atoms with van der Waals surface area (Å²) in [5, 5.41) is 0. The van der Waals surface area contributed by atoms with Gasteiger partial charge in [0.05, 0.1) is 10.4 Å². The van der Waals surface area contributed by atoms with Crippen molar-refractivity contribution in [2.75, 3.05) is 26.2 Å². The van der Waals surface area contributed by atoms with Crippen LogP contribution in [0.2, 0.25) is 0 Å². The van der Waals surface area contributed by atoms with Crippen LogP contribution in [0.25, 0.3) is 0 Å². The van der Waals surface area contributed by atoms with Crippen molar-refractivity contribution in [3.05, 3.63) is 51.2 Å². The highest BCUT2D eigenvalue weighted by Crippen LogP contribution is 2.27. The molecule has 0 unspecified atom stereocenters.